The lowest BCUT2D eigenvalue weighted by atomic mass is 10.2. The highest BCUT2D eigenvalue weighted by atomic mass is 32.2. The second-order valence-corrected chi connectivity index (χ2v) is 8.54. The Bertz CT molecular complexity index is 515. The van der Waals surface area contributed by atoms with Gasteiger partial charge in [-0.2, -0.15) is 0 Å². The van der Waals surface area contributed by atoms with E-state index in [-0.39, 0.29) is 24.5 Å². The summed E-state index contributed by atoms with van der Waals surface area (Å²) in [5, 5.41) is 2.87. The highest BCUT2D eigenvalue weighted by Gasteiger charge is 2.26. The number of thioether (sulfide) groups is 1. The predicted molar refractivity (Wildman–Crippen MR) is 101 cm³/mol. The monoisotopic (exact) mass is 386 g/mol. The van der Waals surface area contributed by atoms with Crippen molar-refractivity contribution in [2.24, 2.45) is 0 Å². The Kier molecular flexibility index (Phi) is 7.57. The minimum absolute atomic E-state index is 0.0352. The number of carbonyl (C=O) groups excluding carboxylic acids is 3. The minimum atomic E-state index is -0.467. The third-order valence-corrected chi connectivity index (χ3v) is 5.10. The van der Waals surface area contributed by atoms with Gasteiger partial charge in [0.2, 0.25) is 11.8 Å². The van der Waals surface area contributed by atoms with Crippen LogP contribution in [0.1, 0.15) is 27.2 Å². The number of hydrogen-bond acceptors (Lipinski definition) is 6. The smallest absolute Gasteiger partial charge is 0.410 e. The molecule has 26 heavy (non-hydrogen) atoms. The molecular formula is C17H30N4O4S. The molecule has 3 amide bonds. The number of nitrogens with zero attached hydrogens (tertiary/aromatic N) is 3. The van der Waals surface area contributed by atoms with Crippen molar-refractivity contribution in [3.05, 3.63) is 0 Å². The Labute approximate surface area is 159 Å². The third-order valence-electron chi connectivity index (χ3n) is 4.16. The summed E-state index contributed by atoms with van der Waals surface area (Å²) in [5.74, 6) is 1.01. The molecule has 2 aliphatic heterocycles. The van der Waals surface area contributed by atoms with Gasteiger partial charge in [-0.25, -0.2) is 4.79 Å². The Morgan fingerprint density at radius 3 is 2.46 bits per heavy atom. The van der Waals surface area contributed by atoms with Crippen LogP contribution in [0.2, 0.25) is 0 Å². The van der Waals surface area contributed by atoms with Gasteiger partial charge >= 0.3 is 6.09 Å². The van der Waals surface area contributed by atoms with Crippen molar-refractivity contribution in [2.75, 3.05) is 57.4 Å². The zero-order valence-electron chi connectivity index (χ0n) is 16.0. The third kappa shape index (κ3) is 7.03. The maximum Gasteiger partial charge on any atom is 0.410 e. The molecule has 2 saturated heterocycles. The molecule has 9 heteroatoms. The zero-order valence-corrected chi connectivity index (χ0v) is 16.8. The second-order valence-electron chi connectivity index (χ2n) is 7.58. The molecule has 0 atom stereocenters. The average molecular weight is 387 g/mol. The molecule has 2 heterocycles. The van der Waals surface area contributed by atoms with Gasteiger partial charge in [-0.05, 0) is 33.7 Å². The van der Waals surface area contributed by atoms with Crippen LogP contribution < -0.4 is 5.32 Å². The van der Waals surface area contributed by atoms with Crippen molar-refractivity contribution in [1.82, 2.24) is 20.0 Å². The van der Waals surface area contributed by atoms with Crippen LogP contribution in [0, 0.1) is 0 Å². The van der Waals surface area contributed by atoms with E-state index in [0.29, 0.717) is 31.3 Å². The molecular weight excluding hydrogens is 356 g/mol. The topological polar surface area (TPSA) is 82.2 Å². The van der Waals surface area contributed by atoms with Gasteiger partial charge < -0.3 is 19.9 Å². The van der Waals surface area contributed by atoms with E-state index in [1.165, 1.54) is 11.8 Å². The number of amides is 3. The number of piperazine rings is 1. The van der Waals surface area contributed by atoms with Crippen LogP contribution >= 0.6 is 11.8 Å². The van der Waals surface area contributed by atoms with Gasteiger partial charge in [-0.15, -0.1) is 11.8 Å². The molecule has 0 spiro atoms. The SMILES string of the molecule is CC(C)(C)OC(=O)N1CCN(CCCNC(=O)CN2CSCC2=O)CC1. The van der Waals surface area contributed by atoms with E-state index in [0.717, 1.165) is 26.1 Å². The molecule has 1 N–H and O–H groups in total. The Hall–Kier alpha value is -1.48. The standard InChI is InChI=1S/C17H30N4O4S/c1-17(2,3)25-16(24)20-9-7-19(8-10-20)6-4-5-18-14(22)11-21-13-26-12-15(21)23/h4-13H2,1-3H3,(H,18,22). The molecule has 0 bridgehead atoms. The fraction of sp³-hybridized carbons (Fsp3) is 0.824. The number of carbonyl (C=O) groups is 3. The number of hydrogen-bond donors (Lipinski definition) is 1. The summed E-state index contributed by atoms with van der Waals surface area (Å²) in [7, 11) is 0. The summed E-state index contributed by atoms with van der Waals surface area (Å²) < 4.78 is 5.39. The van der Waals surface area contributed by atoms with Crippen LogP contribution in [0.25, 0.3) is 0 Å². The lowest BCUT2D eigenvalue weighted by Gasteiger charge is -2.35. The maximum atomic E-state index is 12.0. The van der Waals surface area contributed by atoms with E-state index in [4.69, 9.17) is 4.74 Å². The Morgan fingerprint density at radius 1 is 1.19 bits per heavy atom. The van der Waals surface area contributed by atoms with Crippen LogP contribution in [0.4, 0.5) is 4.79 Å². The minimum Gasteiger partial charge on any atom is -0.444 e. The zero-order chi connectivity index (χ0) is 19.2. The van der Waals surface area contributed by atoms with Crippen molar-refractivity contribution in [3.8, 4) is 0 Å². The van der Waals surface area contributed by atoms with Gasteiger partial charge in [0.25, 0.3) is 0 Å². The van der Waals surface area contributed by atoms with E-state index in [1.807, 2.05) is 20.8 Å². The molecule has 0 radical (unpaired) electrons. The first kappa shape index (κ1) is 20.8. The van der Waals surface area contributed by atoms with Gasteiger partial charge in [0.05, 0.1) is 11.6 Å². The quantitative estimate of drug-likeness (QED) is 0.673. The van der Waals surface area contributed by atoms with Crippen LogP contribution in [0.3, 0.4) is 0 Å². The van der Waals surface area contributed by atoms with Gasteiger partial charge in [0, 0.05) is 32.7 Å². The Morgan fingerprint density at radius 2 is 1.88 bits per heavy atom. The second kappa shape index (κ2) is 9.45. The van der Waals surface area contributed by atoms with E-state index in [9.17, 15) is 14.4 Å². The number of ether oxygens (including phenoxy) is 1. The summed E-state index contributed by atoms with van der Waals surface area (Å²) in [6.07, 6.45) is 0.597. The van der Waals surface area contributed by atoms with Crippen molar-refractivity contribution in [3.63, 3.8) is 0 Å². The summed E-state index contributed by atoms with van der Waals surface area (Å²) >= 11 is 1.54. The Balaban J connectivity index is 1.55. The highest BCUT2D eigenvalue weighted by Crippen LogP contribution is 2.14. The summed E-state index contributed by atoms with van der Waals surface area (Å²) in [5.41, 5.74) is -0.467. The van der Waals surface area contributed by atoms with Gasteiger partial charge in [-0.3, -0.25) is 14.5 Å². The van der Waals surface area contributed by atoms with Crippen LogP contribution in [0.5, 0.6) is 0 Å². The number of nitrogens with one attached hydrogen (secondary N) is 1. The fourth-order valence-corrected chi connectivity index (χ4v) is 3.68. The van der Waals surface area contributed by atoms with Gasteiger partial charge in [0.1, 0.15) is 12.1 Å². The molecule has 2 aliphatic rings. The lowest BCUT2D eigenvalue weighted by Crippen LogP contribution is -2.50. The van der Waals surface area contributed by atoms with E-state index in [1.54, 1.807) is 9.80 Å². The van der Waals surface area contributed by atoms with E-state index < -0.39 is 5.60 Å². The van der Waals surface area contributed by atoms with E-state index in [2.05, 4.69) is 10.2 Å². The lowest BCUT2D eigenvalue weighted by molar-refractivity contribution is -0.132. The van der Waals surface area contributed by atoms with Crippen LogP contribution in [-0.4, -0.2) is 95.7 Å². The first-order chi connectivity index (χ1) is 12.2. The molecule has 8 nitrogen and oxygen atoms in total. The van der Waals surface area contributed by atoms with Gasteiger partial charge in [-0.1, -0.05) is 0 Å². The predicted octanol–water partition coefficient (Wildman–Crippen LogP) is 0.578. The van der Waals surface area contributed by atoms with Gasteiger partial charge in [0.15, 0.2) is 0 Å². The molecule has 2 rings (SSSR count). The summed E-state index contributed by atoms with van der Waals surface area (Å²) in [4.78, 5) is 41.0. The van der Waals surface area contributed by atoms with Crippen molar-refractivity contribution in [2.45, 2.75) is 32.8 Å². The first-order valence-corrected chi connectivity index (χ1v) is 10.2. The molecule has 2 fully saturated rings. The highest BCUT2D eigenvalue weighted by molar-refractivity contribution is 8.00. The fourth-order valence-electron chi connectivity index (χ4n) is 2.78. The summed E-state index contributed by atoms with van der Waals surface area (Å²) in [6.45, 7) is 10.2. The van der Waals surface area contributed by atoms with Crippen LogP contribution in [0.15, 0.2) is 0 Å². The molecule has 148 valence electrons. The molecule has 0 aliphatic carbocycles. The van der Waals surface area contributed by atoms with Crippen molar-refractivity contribution in [1.29, 1.82) is 0 Å². The maximum absolute atomic E-state index is 12.0. The molecule has 0 aromatic heterocycles. The average Bonchev–Trinajstić information content (AvgIpc) is 2.95. The van der Waals surface area contributed by atoms with Crippen molar-refractivity contribution >= 4 is 29.7 Å². The largest absolute Gasteiger partial charge is 0.444 e. The molecule has 0 saturated carbocycles. The molecule has 0 aromatic rings. The summed E-state index contributed by atoms with van der Waals surface area (Å²) in [6, 6.07) is 0. The molecule has 0 aromatic carbocycles. The van der Waals surface area contributed by atoms with Crippen LogP contribution in [-0.2, 0) is 14.3 Å². The van der Waals surface area contributed by atoms with Crippen molar-refractivity contribution < 1.29 is 19.1 Å². The molecule has 0 unspecified atom stereocenters. The first-order valence-electron chi connectivity index (χ1n) is 9.07. The van der Waals surface area contributed by atoms with E-state index >= 15 is 0 Å². The normalized spacial score (nSPS) is 19.0. The number of rotatable bonds is 6.